The van der Waals surface area contributed by atoms with Gasteiger partial charge in [0.05, 0.1) is 31.0 Å². The van der Waals surface area contributed by atoms with E-state index >= 15 is 0 Å². The van der Waals surface area contributed by atoms with Crippen molar-refractivity contribution in [2.24, 2.45) is 0 Å². The van der Waals surface area contributed by atoms with E-state index in [9.17, 15) is 18.3 Å². The SMILES string of the molecule is CC#C[C@@H](CC(=O)OC)c1ccc(OCc2ccc3scc(-c4ccc(OCC5(O)CCS(=O)(=O)CC5)cc4C)c3c2)cc1. The van der Waals surface area contributed by atoms with E-state index in [1.165, 1.54) is 11.8 Å². The highest BCUT2D eigenvalue weighted by Crippen LogP contribution is 2.38. The summed E-state index contributed by atoms with van der Waals surface area (Å²) in [6, 6.07) is 19.9. The van der Waals surface area contributed by atoms with E-state index in [2.05, 4.69) is 35.4 Å². The zero-order valence-electron chi connectivity index (χ0n) is 25.1. The average Bonchev–Trinajstić information content (AvgIpc) is 3.44. The Kier molecular flexibility index (Phi) is 9.64. The Morgan fingerprint density at radius 2 is 1.73 bits per heavy atom. The fourth-order valence-corrected chi connectivity index (χ4v) is 7.85. The smallest absolute Gasteiger partial charge is 0.307 e. The predicted octanol–water partition coefficient (Wildman–Crippen LogP) is 6.44. The second-order valence-electron chi connectivity index (χ2n) is 11.2. The lowest BCUT2D eigenvalue weighted by atomic mass is 9.96. The number of aliphatic hydroxyl groups is 1. The number of rotatable bonds is 10. The first-order valence-electron chi connectivity index (χ1n) is 14.5. The summed E-state index contributed by atoms with van der Waals surface area (Å²) in [5, 5.41) is 14.1. The van der Waals surface area contributed by atoms with Gasteiger partial charge >= 0.3 is 5.97 Å². The molecule has 0 unspecified atom stereocenters. The highest BCUT2D eigenvalue weighted by Gasteiger charge is 2.36. The third-order valence-electron chi connectivity index (χ3n) is 8.00. The number of carbonyl (C=O) groups excluding carboxylic acids is 1. The van der Waals surface area contributed by atoms with Gasteiger partial charge in [-0.1, -0.05) is 30.2 Å². The molecule has 9 heteroatoms. The summed E-state index contributed by atoms with van der Waals surface area (Å²) in [4.78, 5) is 11.8. The fourth-order valence-electron chi connectivity index (χ4n) is 5.32. The highest BCUT2D eigenvalue weighted by atomic mass is 32.2. The molecule has 0 saturated carbocycles. The van der Waals surface area contributed by atoms with Crippen LogP contribution in [0.5, 0.6) is 11.5 Å². The van der Waals surface area contributed by atoms with Crippen molar-refractivity contribution in [3.05, 3.63) is 82.7 Å². The van der Waals surface area contributed by atoms with Gasteiger partial charge in [-0.2, -0.15) is 0 Å². The van der Waals surface area contributed by atoms with Crippen molar-refractivity contribution in [3.8, 4) is 34.5 Å². The number of fused-ring (bicyclic) bond motifs is 1. The van der Waals surface area contributed by atoms with Crippen LogP contribution in [0.15, 0.2) is 66.0 Å². The molecule has 5 rings (SSSR count). The van der Waals surface area contributed by atoms with Gasteiger partial charge in [-0.25, -0.2) is 8.42 Å². The Labute approximate surface area is 262 Å². The molecule has 1 aromatic heterocycles. The van der Waals surface area contributed by atoms with Crippen LogP contribution < -0.4 is 9.47 Å². The number of hydrogen-bond donors (Lipinski definition) is 1. The predicted molar refractivity (Wildman–Crippen MR) is 174 cm³/mol. The molecule has 44 heavy (non-hydrogen) atoms. The van der Waals surface area contributed by atoms with Gasteiger partial charge in [0.15, 0.2) is 9.84 Å². The molecule has 1 aliphatic rings. The molecule has 230 valence electrons. The molecule has 0 spiro atoms. The molecule has 0 bridgehead atoms. The third-order valence-corrected chi connectivity index (χ3v) is 10.6. The maximum Gasteiger partial charge on any atom is 0.307 e. The number of carbonyl (C=O) groups is 1. The van der Waals surface area contributed by atoms with Crippen molar-refractivity contribution in [2.75, 3.05) is 25.2 Å². The molecule has 7 nitrogen and oxygen atoms in total. The molecule has 2 heterocycles. The van der Waals surface area contributed by atoms with E-state index < -0.39 is 15.4 Å². The van der Waals surface area contributed by atoms with Crippen LogP contribution in [-0.2, 0) is 26.0 Å². The van der Waals surface area contributed by atoms with Gasteiger partial charge in [-0.3, -0.25) is 4.79 Å². The maximum atomic E-state index is 11.8. The van der Waals surface area contributed by atoms with Gasteiger partial charge in [0.1, 0.15) is 30.3 Å². The van der Waals surface area contributed by atoms with Crippen LogP contribution in [0.2, 0.25) is 0 Å². The van der Waals surface area contributed by atoms with Gasteiger partial charge in [-0.05, 0) is 90.7 Å². The van der Waals surface area contributed by atoms with E-state index in [0.29, 0.717) is 12.4 Å². The summed E-state index contributed by atoms with van der Waals surface area (Å²) in [6.07, 6.45) is 0.583. The molecule has 1 N–H and O–H groups in total. The summed E-state index contributed by atoms with van der Waals surface area (Å²) < 4.78 is 41.5. The number of sulfone groups is 1. The molecule has 3 aromatic carbocycles. The second kappa shape index (κ2) is 13.4. The molecular formula is C35H36O7S2. The van der Waals surface area contributed by atoms with Crippen LogP contribution >= 0.6 is 11.3 Å². The molecule has 1 atom stereocenters. The molecule has 1 fully saturated rings. The largest absolute Gasteiger partial charge is 0.491 e. The number of thiophene rings is 1. The highest BCUT2D eigenvalue weighted by molar-refractivity contribution is 7.91. The lowest BCUT2D eigenvalue weighted by molar-refractivity contribution is -0.140. The van der Waals surface area contributed by atoms with Gasteiger partial charge < -0.3 is 19.3 Å². The number of ether oxygens (including phenoxy) is 3. The number of methoxy groups -OCH3 is 1. The molecule has 1 saturated heterocycles. The maximum absolute atomic E-state index is 11.8. The quantitative estimate of drug-likeness (QED) is 0.159. The molecule has 0 radical (unpaired) electrons. The zero-order valence-corrected chi connectivity index (χ0v) is 26.7. The van der Waals surface area contributed by atoms with Crippen molar-refractivity contribution in [3.63, 3.8) is 0 Å². The monoisotopic (exact) mass is 632 g/mol. The zero-order chi connectivity index (χ0) is 31.3. The van der Waals surface area contributed by atoms with Crippen molar-refractivity contribution < 1.29 is 32.5 Å². The van der Waals surface area contributed by atoms with Crippen LogP contribution in [0, 0.1) is 18.8 Å². The van der Waals surface area contributed by atoms with E-state index in [-0.39, 0.29) is 49.3 Å². The average molecular weight is 633 g/mol. The molecule has 0 aliphatic carbocycles. The number of hydrogen-bond acceptors (Lipinski definition) is 8. The molecule has 1 aliphatic heterocycles. The van der Waals surface area contributed by atoms with Crippen LogP contribution in [0.4, 0.5) is 0 Å². The lowest BCUT2D eigenvalue weighted by Crippen LogP contribution is -2.43. The summed E-state index contributed by atoms with van der Waals surface area (Å²) in [7, 11) is -1.68. The first kappa shape index (κ1) is 31.6. The Bertz CT molecular complexity index is 1800. The Morgan fingerprint density at radius 3 is 2.41 bits per heavy atom. The standard InChI is InChI=1S/C35H36O7S2/c1-4-5-27(20-34(36)40-3)26-7-9-28(10-8-26)41-21-25-6-13-33-31(19-25)32(22-43-33)30-12-11-29(18-24(30)2)42-23-35(37)14-16-44(38,39)17-15-35/h6-13,18-19,22,27,37H,14-17,20-21,23H2,1-3H3/t27-/m0/s1. The first-order chi connectivity index (χ1) is 21.1. The number of aryl methyl sites for hydroxylation is 1. The number of esters is 1. The van der Waals surface area contributed by atoms with E-state index in [1.807, 2.05) is 49.4 Å². The van der Waals surface area contributed by atoms with E-state index in [0.717, 1.165) is 39.0 Å². The normalized spacial score (nSPS) is 16.0. The molecule has 0 amide bonds. The number of benzene rings is 3. The van der Waals surface area contributed by atoms with Gasteiger partial charge in [0, 0.05) is 15.6 Å². The van der Waals surface area contributed by atoms with Crippen molar-refractivity contribution in [1.29, 1.82) is 0 Å². The minimum absolute atomic E-state index is 0.0110. The van der Waals surface area contributed by atoms with E-state index in [1.54, 1.807) is 18.3 Å². The van der Waals surface area contributed by atoms with Gasteiger partial charge in [0.2, 0.25) is 0 Å². The van der Waals surface area contributed by atoms with E-state index in [4.69, 9.17) is 14.2 Å². The molecule has 4 aromatic rings. The Hall–Kier alpha value is -3.84. The fraction of sp³-hybridized carbons (Fsp3) is 0.343. The van der Waals surface area contributed by atoms with Crippen LogP contribution in [0.3, 0.4) is 0 Å². The summed E-state index contributed by atoms with van der Waals surface area (Å²) in [6.45, 7) is 4.26. The second-order valence-corrected chi connectivity index (χ2v) is 14.4. The van der Waals surface area contributed by atoms with Crippen molar-refractivity contribution in [2.45, 2.75) is 51.2 Å². The molecular weight excluding hydrogens is 597 g/mol. The Morgan fingerprint density at radius 1 is 1.00 bits per heavy atom. The minimum atomic E-state index is -3.06. The first-order valence-corrected chi connectivity index (χ1v) is 17.2. The lowest BCUT2D eigenvalue weighted by Gasteiger charge is -2.31. The van der Waals surface area contributed by atoms with Gasteiger partial charge in [0.25, 0.3) is 0 Å². The Balaban J connectivity index is 1.25. The van der Waals surface area contributed by atoms with Crippen molar-refractivity contribution in [1.82, 2.24) is 0 Å². The van der Waals surface area contributed by atoms with Crippen LogP contribution in [0.25, 0.3) is 21.2 Å². The van der Waals surface area contributed by atoms with Crippen molar-refractivity contribution >= 4 is 37.2 Å². The summed E-state index contributed by atoms with van der Waals surface area (Å²) in [5.74, 6) is 6.80. The third kappa shape index (κ3) is 7.62. The van der Waals surface area contributed by atoms with Gasteiger partial charge in [-0.15, -0.1) is 17.3 Å². The summed E-state index contributed by atoms with van der Waals surface area (Å²) in [5.41, 5.74) is 4.12. The summed E-state index contributed by atoms with van der Waals surface area (Å²) >= 11 is 1.69. The topological polar surface area (TPSA) is 99.1 Å². The minimum Gasteiger partial charge on any atom is -0.491 e. The van der Waals surface area contributed by atoms with Crippen LogP contribution in [0.1, 0.15) is 48.8 Å². The van der Waals surface area contributed by atoms with Crippen LogP contribution in [-0.4, -0.2) is 50.3 Å².